The lowest BCUT2D eigenvalue weighted by Crippen LogP contribution is -2.40. The van der Waals surface area contributed by atoms with Gasteiger partial charge in [-0.2, -0.15) is 0 Å². The molecule has 0 heterocycles. The van der Waals surface area contributed by atoms with Gasteiger partial charge >= 0.3 is 0 Å². The van der Waals surface area contributed by atoms with Gasteiger partial charge in [0.05, 0.1) is 14.2 Å². The normalized spacial score (nSPS) is 12.5. The second-order valence-corrected chi connectivity index (χ2v) is 8.66. The molecule has 2 unspecified atom stereocenters. The maximum atomic E-state index is 5.48. The van der Waals surface area contributed by atoms with E-state index >= 15 is 0 Å². The Balaban J connectivity index is 0.00000342. The van der Waals surface area contributed by atoms with Gasteiger partial charge in [0.25, 0.3) is 0 Å². The van der Waals surface area contributed by atoms with Crippen LogP contribution in [-0.4, -0.2) is 26.8 Å². The summed E-state index contributed by atoms with van der Waals surface area (Å²) in [6, 6.07) is 32.4. The number of benzene rings is 4. The molecule has 0 amide bonds. The monoisotopic (exact) mass is 490 g/mol. The standard InChI is InChI=1S/C30H34N2O2.ClH/c1-22(27-15-9-13-25-12-7-8-14-28(25)27)31-21-26(18-23-10-5-4-6-11-23)32-20-24-16-17-29(33-2)30(19-24)34-3;/h4-17,19,22,26,31-32H,18,20-21H2,1-3H3;1H. The van der Waals surface area contributed by atoms with Gasteiger partial charge in [0.1, 0.15) is 0 Å². The van der Waals surface area contributed by atoms with E-state index in [1.807, 2.05) is 12.1 Å². The van der Waals surface area contributed by atoms with Gasteiger partial charge in [0.2, 0.25) is 0 Å². The van der Waals surface area contributed by atoms with E-state index in [2.05, 4.69) is 96.4 Å². The highest BCUT2D eigenvalue weighted by atomic mass is 35.5. The topological polar surface area (TPSA) is 42.5 Å². The quantitative estimate of drug-likeness (QED) is 0.258. The van der Waals surface area contributed by atoms with Crippen molar-refractivity contribution in [2.75, 3.05) is 20.8 Å². The number of methoxy groups -OCH3 is 2. The Morgan fingerprint density at radius 2 is 1.43 bits per heavy atom. The molecule has 0 aliphatic heterocycles. The molecule has 4 rings (SSSR count). The zero-order chi connectivity index (χ0) is 23.8. The van der Waals surface area contributed by atoms with Crippen molar-refractivity contribution in [2.24, 2.45) is 0 Å². The van der Waals surface area contributed by atoms with E-state index in [1.165, 1.54) is 21.9 Å². The first-order valence-electron chi connectivity index (χ1n) is 11.9. The summed E-state index contributed by atoms with van der Waals surface area (Å²) >= 11 is 0. The molecule has 0 saturated heterocycles. The Bertz CT molecular complexity index is 1190. The molecule has 4 nitrogen and oxygen atoms in total. The summed E-state index contributed by atoms with van der Waals surface area (Å²) in [6.45, 7) is 3.85. The highest BCUT2D eigenvalue weighted by Crippen LogP contribution is 2.27. The summed E-state index contributed by atoms with van der Waals surface area (Å²) < 4.78 is 10.9. The van der Waals surface area contributed by atoms with Crippen molar-refractivity contribution in [1.29, 1.82) is 0 Å². The van der Waals surface area contributed by atoms with Gasteiger partial charge < -0.3 is 20.1 Å². The summed E-state index contributed by atoms with van der Waals surface area (Å²) in [5.41, 5.74) is 3.82. The van der Waals surface area contributed by atoms with Crippen molar-refractivity contribution in [3.05, 3.63) is 108 Å². The lowest BCUT2D eigenvalue weighted by atomic mass is 9.99. The van der Waals surface area contributed by atoms with Crippen molar-refractivity contribution in [1.82, 2.24) is 10.6 Å². The first-order valence-corrected chi connectivity index (χ1v) is 11.9. The van der Waals surface area contributed by atoms with E-state index in [1.54, 1.807) is 14.2 Å². The van der Waals surface area contributed by atoms with Crippen LogP contribution in [0.5, 0.6) is 11.5 Å². The van der Waals surface area contributed by atoms with Crippen LogP contribution in [0.15, 0.2) is 91.0 Å². The summed E-state index contributed by atoms with van der Waals surface area (Å²) in [4.78, 5) is 0. The van der Waals surface area contributed by atoms with E-state index in [-0.39, 0.29) is 24.5 Å². The number of nitrogens with one attached hydrogen (secondary N) is 2. The van der Waals surface area contributed by atoms with E-state index in [0.29, 0.717) is 0 Å². The first-order chi connectivity index (χ1) is 16.7. The molecule has 0 saturated carbocycles. The third-order valence-electron chi connectivity index (χ3n) is 6.33. The number of hydrogen-bond acceptors (Lipinski definition) is 4. The van der Waals surface area contributed by atoms with Gasteiger partial charge in [-0.15, -0.1) is 12.4 Å². The van der Waals surface area contributed by atoms with Gasteiger partial charge in [-0.05, 0) is 52.9 Å². The Hall–Kier alpha value is -3.05. The second-order valence-electron chi connectivity index (χ2n) is 8.66. The second kappa shape index (κ2) is 13.1. The van der Waals surface area contributed by atoms with Crippen molar-refractivity contribution in [2.45, 2.75) is 32.0 Å². The summed E-state index contributed by atoms with van der Waals surface area (Å²) in [5, 5.41) is 10.1. The molecule has 2 N–H and O–H groups in total. The molecule has 2 atom stereocenters. The summed E-state index contributed by atoms with van der Waals surface area (Å²) in [6.07, 6.45) is 0.948. The molecule has 184 valence electrons. The number of halogens is 1. The first kappa shape index (κ1) is 26.6. The number of hydrogen-bond donors (Lipinski definition) is 2. The molecule has 0 aliphatic carbocycles. The number of ether oxygens (including phenoxy) is 2. The fraction of sp³-hybridized carbons (Fsp3) is 0.267. The molecule has 4 aromatic rings. The van der Waals surface area contributed by atoms with Crippen molar-refractivity contribution >= 4 is 23.2 Å². The lowest BCUT2D eigenvalue weighted by molar-refractivity contribution is 0.354. The molecule has 0 aliphatic rings. The van der Waals surface area contributed by atoms with Crippen LogP contribution in [0.2, 0.25) is 0 Å². The third-order valence-corrected chi connectivity index (χ3v) is 6.33. The fourth-order valence-electron chi connectivity index (χ4n) is 4.42. The van der Waals surface area contributed by atoms with Gasteiger partial charge in [-0.25, -0.2) is 0 Å². The minimum Gasteiger partial charge on any atom is -0.493 e. The van der Waals surface area contributed by atoms with Crippen LogP contribution in [0.4, 0.5) is 0 Å². The molecule has 0 bridgehead atoms. The van der Waals surface area contributed by atoms with Crippen LogP contribution < -0.4 is 20.1 Å². The summed E-state index contributed by atoms with van der Waals surface area (Å²) in [7, 11) is 3.33. The van der Waals surface area contributed by atoms with Crippen molar-refractivity contribution in [3.8, 4) is 11.5 Å². The predicted molar refractivity (Wildman–Crippen MR) is 148 cm³/mol. The van der Waals surface area contributed by atoms with Crippen molar-refractivity contribution in [3.63, 3.8) is 0 Å². The van der Waals surface area contributed by atoms with Crippen LogP contribution in [-0.2, 0) is 13.0 Å². The molecule has 4 aromatic carbocycles. The maximum Gasteiger partial charge on any atom is 0.161 e. The smallest absolute Gasteiger partial charge is 0.161 e. The molecule has 0 spiro atoms. The minimum absolute atomic E-state index is 0. The van der Waals surface area contributed by atoms with E-state index in [0.717, 1.165) is 36.6 Å². The van der Waals surface area contributed by atoms with Crippen LogP contribution in [0.3, 0.4) is 0 Å². The Labute approximate surface area is 215 Å². The largest absolute Gasteiger partial charge is 0.493 e. The molecule has 35 heavy (non-hydrogen) atoms. The molecular formula is C30H35ClN2O2. The van der Waals surface area contributed by atoms with E-state index < -0.39 is 0 Å². The predicted octanol–water partition coefficient (Wildman–Crippen LogP) is 6.33. The highest BCUT2D eigenvalue weighted by molar-refractivity contribution is 5.86. The van der Waals surface area contributed by atoms with Crippen LogP contribution in [0, 0.1) is 0 Å². The number of fused-ring (bicyclic) bond motifs is 1. The Morgan fingerprint density at radius 1 is 0.714 bits per heavy atom. The van der Waals surface area contributed by atoms with Crippen LogP contribution in [0.25, 0.3) is 10.8 Å². The van der Waals surface area contributed by atoms with Crippen LogP contribution in [0.1, 0.15) is 29.7 Å². The molecule has 5 heteroatoms. The zero-order valence-corrected chi connectivity index (χ0v) is 21.5. The van der Waals surface area contributed by atoms with Gasteiger partial charge in [-0.3, -0.25) is 0 Å². The van der Waals surface area contributed by atoms with E-state index in [4.69, 9.17) is 9.47 Å². The minimum atomic E-state index is 0. The fourth-order valence-corrected chi connectivity index (χ4v) is 4.42. The molecule has 0 radical (unpaired) electrons. The van der Waals surface area contributed by atoms with Crippen LogP contribution >= 0.6 is 12.4 Å². The van der Waals surface area contributed by atoms with Crippen molar-refractivity contribution < 1.29 is 9.47 Å². The Kier molecular flexibility index (Phi) is 9.98. The van der Waals surface area contributed by atoms with E-state index in [9.17, 15) is 0 Å². The SMILES string of the molecule is COc1ccc(CNC(CNC(C)c2cccc3ccccc23)Cc2ccccc2)cc1OC.Cl. The molecule has 0 aromatic heterocycles. The lowest BCUT2D eigenvalue weighted by Gasteiger charge is -2.24. The maximum absolute atomic E-state index is 5.48. The third kappa shape index (κ3) is 6.98. The van der Waals surface area contributed by atoms with Gasteiger partial charge in [0, 0.05) is 25.2 Å². The highest BCUT2D eigenvalue weighted by Gasteiger charge is 2.14. The summed E-state index contributed by atoms with van der Waals surface area (Å²) in [5.74, 6) is 1.50. The zero-order valence-electron chi connectivity index (χ0n) is 20.7. The number of rotatable bonds is 11. The van der Waals surface area contributed by atoms with Gasteiger partial charge in [0.15, 0.2) is 11.5 Å². The Morgan fingerprint density at radius 3 is 2.20 bits per heavy atom. The molecular weight excluding hydrogens is 456 g/mol. The van der Waals surface area contributed by atoms with Gasteiger partial charge in [-0.1, -0.05) is 78.9 Å². The molecule has 0 fully saturated rings. The average Bonchev–Trinajstić information content (AvgIpc) is 2.90. The average molecular weight is 491 g/mol.